The number of aliphatic imine (C=N–C) groups is 1. The van der Waals surface area contributed by atoms with Gasteiger partial charge in [-0.3, -0.25) is 9.67 Å². The topological polar surface area (TPSA) is 63.5 Å². The van der Waals surface area contributed by atoms with Crippen molar-refractivity contribution in [2.24, 2.45) is 12.0 Å². The molecule has 1 unspecified atom stereocenters. The first kappa shape index (κ1) is 20.7. The molecule has 1 aromatic carbocycles. The number of ether oxygens (including phenoxy) is 1. The van der Waals surface area contributed by atoms with Crippen LogP contribution in [0.3, 0.4) is 0 Å². The number of nitrogens with zero attached hydrogens (tertiary/aromatic N) is 3. The van der Waals surface area contributed by atoms with Crippen LogP contribution in [0.5, 0.6) is 5.75 Å². The number of rotatable bonds is 7. The van der Waals surface area contributed by atoms with E-state index in [4.69, 9.17) is 4.74 Å². The van der Waals surface area contributed by atoms with Crippen molar-refractivity contribution in [3.63, 3.8) is 0 Å². The van der Waals surface area contributed by atoms with Crippen LogP contribution in [0.15, 0.2) is 23.2 Å². The van der Waals surface area contributed by atoms with Crippen LogP contribution in [0.2, 0.25) is 0 Å². The normalized spacial score (nSPS) is 12.8. The highest BCUT2D eigenvalue weighted by Crippen LogP contribution is 2.18. The molecule has 0 fully saturated rings. The van der Waals surface area contributed by atoms with Gasteiger partial charge < -0.3 is 15.4 Å². The zero-order chi connectivity index (χ0) is 20.0. The summed E-state index contributed by atoms with van der Waals surface area (Å²) in [6, 6.07) is 5.16. The Morgan fingerprint density at radius 1 is 1.37 bits per heavy atom. The van der Waals surface area contributed by atoms with E-state index in [9.17, 15) is 4.39 Å². The summed E-state index contributed by atoms with van der Waals surface area (Å²) < 4.78 is 21.1. The molecule has 0 aliphatic carbocycles. The van der Waals surface area contributed by atoms with E-state index in [2.05, 4.69) is 34.6 Å². The number of aryl methyl sites for hydroxylation is 2. The van der Waals surface area contributed by atoms with Gasteiger partial charge in [0.05, 0.1) is 12.3 Å². The van der Waals surface area contributed by atoms with Crippen molar-refractivity contribution in [1.29, 1.82) is 0 Å². The molecule has 1 atom stereocenters. The van der Waals surface area contributed by atoms with Crippen LogP contribution >= 0.6 is 0 Å². The highest BCUT2D eigenvalue weighted by molar-refractivity contribution is 5.79. The molecule has 1 heterocycles. The smallest absolute Gasteiger partial charge is 0.191 e. The Hall–Kier alpha value is -2.57. The molecule has 0 saturated heterocycles. The Labute approximate surface area is 160 Å². The summed E-state index contributed by atoms with van der Waals surface area (Å²) in [7, 11) is 3.68. The molecule has 0 aliphatic heterocycles. The Bertz CT molecular complexity index is 800. The lowest BCUT2D eigenvalue weighted by atomic mass is 10.1. The minimum absolute atomic E-state index is 0.176. The third-order valence-corrected chi connectivity index (χ3v) is 4.53. The molecule has 0 radical (unpaired) electrons. The molecule has 1 aromatic heterocycles. The van der Waals surface area contributed by atoms with Gasteiger partial charge in [0.1, 0.15) is 0 Å². The average Bonchev–Trinajstić information content (AvgIpc) is 2.87. The van der Waals surface area contributed by atoms with E-state index in [0.29, 0.717) is 19.1 Å². The molecule has 27 heavy (non-hydrogen) atoms. The van der Waals surface area contributed by atoms with Gasteiger partial charge in [-0.2, -0.15) is 5.10 Å². The first-order valence-corrected chi connectivity index (χ1v) is 9.23. The Kier molecular flexibility index (Phi) is 7.21. The maximum atomic E-state index is 14.0. The number of nitrogens with one attached hydrogen (secondary N) is 2. The molecule has 0 spiro atoms. The molecule has 0 aliphatic rings. The third-order valence-electron chi connectivity index (χ3n) is 4.53. The van der Waals surface area contributed by atoms with Gasteiger partial charge in [0.2, 0.25) is 0 Å². The Morgan fingerprint density at radius 2 is 2.11 bits per heavy atom. The molecule has 0 amide bonds. The standard InChI is InChI=1S/C20H30FN5O/c1-7-27-19-9-8-16(11-18(19)21)12-23-20(22-5)24-13(2)10-17-14(3)25-26(6)15(17)4/h8-9,11,13H,7,10,12H2,1-6H3,(H2,22,23,24). The first-order valence-electron chi connectivity index (χ1n) is 9.23. The van der Waals surface area contributed by atoms with Crippen molar-refractivity contribution < 1.29 is 9.13 Å². The lowest BCUT2D eigenvalue weighted by molar-refractivity contribution is 0.321. The second-order valence-electron chi connectivity index (χ2n) is 6.65. The van der Waals surface area contributed by atoms with Crippen molar-refractivity contribution in [2.75, 3.05) is 13.7 Å². The van der Waals surface area contributed by atoms with Crippen molar-refractivity contribution in [1.82, 2.24) is 20.4 Å². The number of aromatic nitrogens is 2. The van der Waals surface area contributed by atoms with Crippen molar-refractivity contribution in [3.8, 4) is 5.75 Å². The van der Waals surface area contributed by atoms with E-state index in [-0.39, 0.29) is 17.6 Å². The van der Waals surface area contributed by atoms with Gasteiger partial charge in [-0.05, 0) is 57.4 Å². The molecule has 0 bridgehead atoms. The number of hydrogen-bond donors (Lipinski definition) is 2. The SMILES string of the molecule is CCOc1ccc(CNC(=NC)NC(C)Cc2c(C)nn(C)c2C)cc1F. The van der Waals surface area contributed by atoms with E-state index < -0.39 is 0 Å². The molecule has 6 nitrogen and oxygen atoms in total. The largest absolute Gasteiger partial charge is 0.491 e. The van der Waals surface area contributed by atoms with Crippen molar-refractivity contribution in [2.45, 2.75) is 46.7 Å². The highest BCUT2D eigenvalue weighted by atomic mass is 19.1. The zero-order valence-electron chi connectivity index (χ0n) is 17.1. The molecule has 2 rings (SSSR count). The van der Waals surface area contributed by atoms with Crippen LogP contribution in [0.4, 0.5) is 4.39 Å². The molecule has 2 aromatic rings. The molecule has 7 heteroatoms. The lowest BCUT2D eigenvalue weighted by Crippen LogP contribution is -2.42. The fourth-order valence-electron chi connectivity index (χ4n) is 3.01. The fourth-order valence-corrected chi connectivity index (χ4v) is 3.01. The van der Waals surface area contributed by atoms with Gasteiger partial charge in [-0.15, -0.1) is 0 Å². The van der Waals surface area contributed by atoms with Crippen LogP contribution in [0, 0.1) is 19.7 Å². The fraction of sp³-hybridized carbons (Fsp3) is 0.500. The van der Waals surface area contributed by atoms with E-state index in [1.54, 1.807) is 13.1 Å². The molecule has 2 N–H and O–H groups in total. The summed E-state index contributed by atoms with van der Waals surface area (Å²) in [5.74, 6) is 0.602. The number of guanidine groups is 1. The van der Waals surface area contributed by atoms with Gasteiger partial charge in [-0.1, -0.05) is 6.07 Å². The van der Waals surface area contributed by atoms with Crippen LogP contribution in [-0.2, 0) is 20.0 Å². The van der Waals surface area contributed by atoms with E-state index in [0.717, 1.165) is 17.7 Å². The van der Waals surface area contributed by atoms with E-state index in [1.807, 2.05) is 31.6 Å². The lowest BCUT2D eigenvalue weighted by Gasteiger charge is -2.18. The van der Waals surface area contributed by atoms with Gasteiger partial charge >= 0.3 is 0 Å². The minimum atomic E-state index is -0.352. The summed E-state index contributed by atoms with van der Waals surface area (Å²) in [6.45, 7) is 8.97. The summed E-state index contributed by atoms with van der Waals surface area (Å²) in [5, 5.41) is 11.1. The second-order valence-corrected chi connectivity index (χ2v) is 6.65. The zero-order valence-corrected chi connectivity index (χ0v) is 17.1. The highest BCUT2D eigenvalue weighted by Gasteiger charge is 2.14. The number of benzene rings is 1. The van der Waals surface area contributed by atoms with Crippen LogP contribution in [0.25, 0.3) is 0 Å². The van der Waals surface area contributed by atoms with Crippen molar-refractivity contribution >= 4 is 5.96 Å². The molecular formula is C20H30FN5O. The molecule has 148 valence electrons. The van der Waals surface area contributed by atoms with Gasteiger partial charge in [0, 0.05) is 32.4 Å². The first-order chi connectivity index (χ1) is 12.8. The predicted molar refractivity (Wildman–Crippen MR) is 107 cm³/mol. The van der Waals surface area contributed by atoms with E-state index in [1.165, 1.54) is 17.3 Å². The van der Waals surface area contributed by atoms with Crippen LogP contribution in [-0.4, -0.2) is 35.4 Å². The van der Waals surface area contributed by atoms with Crippen molar-refractivity contribution in [3.05, 3.63) is 46.5 Å². The quantitative estimate of drug-likeness (QED) is 0.577. The second kappa shape index (κ2) is 9.39. The Balaban J connectivity index is 1.92. The molecule has 0 saturated carbocycles. The van der Waals surface area contributed by atoms with Crippen LogP contribution in [0.1, 0.15) is 36.4 Å². The summed E-state index contributed by atoms with van der Waals surface area (Å²) in [4.78, 5) is 4.26. The minimum Gasteiger partial charge on any atom is -0.491 e. The molecular weight excluding hydrogens is 345 g/mol. The number of hydrogen-bond acceptors (Lipinski definition) is 3. The summed E-state index contributed by atoms with van der Waals surface area (Å²) in [5.41, 5.74) is 4.30. The van der Waals surface area contributed by atoms with Gasteiger partial charge in [-0.25, -0.2) is 4.39 Å². The third kappa shape index (κ3) is 5.45. The summed E-state index contributed by atoms with van der Waals surface area (Å²) >= 11 is 0. The summed E-state index contributed by atoms with van der Waals surface area (Å²) in [6.07, 6.45) is 0.851. The van der Waals surface area contributed by atoms with Crippen LogP contribution < -0.4 is 15.4 Å². The number of halogens is 1. The monoisotopic (exact) mass is 375 g/mol. The Morgan fingerprint density at radius 3 is 2.67 bits per heavy atom. The van der Waals surface area contributed by atoms with Gasteiger partial charge in [0.15, 0.2) is 17.5 Å². The predicted octanol–water partition coefficient (Wildman–Crippen LogP) is 2.87. The van der Waals surface area contributed by atoms with E-state index >= 15 is 0 Å². The maximum absolute atomic E-state index is 14.0. The van der Waals surface area contributed by atoms with Gasteiger partial charge in [0.25, 0.3) is 0 Å². The average molecular weight is 375 g/mol. The maximum Gasteiger partial charge on any atom is 0.191 e.